The smallest absolute Gasteiger partial charge is 0.292 e. The van der Waals surface area contributed by atoms with Crippen molar-refractivity contribution in [1.29, 1.82) is 0 Å². The Labute approximate surface area is 147 Å². The fourth-order valence-corrected chi connectivity index (χ4v) is 2.44. The lowest BCUT2D eigenvalue weighted by atomic mass is 10.3. The van der Waals surface area contributed by atoms with Crippen molar-refractivity contribution in [3.8, 4) is 5.75 Å². The molecule has 2 heterocycles. The molecule has 0 spiro atoms. The minimum atomic E-state index is -0.385. The Morgan fingerprint density at radius 2 is 2.12 bits per heavy atom. The van der Waals surface area contributed by atoms with E-state index in [-0.39, 0.29) is 18.3 Å². The van der Waals surface area contributed by atoms with Crippen LogP contribution < -0.4 is 10.1 Å². The summed E-state index contributed by atoms with van der Waals surface area (Å²) >= 11 is 11.9. The predicted octanol–water partition coefficient (Wildman–Crippen LogP) is 4.15. The number of rotatable bonds is 5. The molecule has 0 aliphatic heterocycles. The number of carbonyl (C=O) groups excluding carboxylic acids is 1. The Kier molecular flexibility index (Phi) is 4.78. The van der Waals surface area contributed by atoms with Gasteiger partial charge in [-0.3, -0.25) is 9.48 Å². The van der Waals surface area contributed by atoms with Gasteiger partial charge in [-0.15, -0.1) is 0 Å². The number of furan rings is 1. The molecule has 0 aliphatic carbocycles. The van der Waals surface area contributed by atoms with Crippen molar-refractivity contribution in [1.82, 2.24) is 9.78 Å². The zero-order valence-corrected chi connectivity index (χ0v) is 14.1. The summed E-state index contributed by atoms with van der Waals surface area (Å²) in [6, 6.07) is 9.86. The molecule has 0 unspecified atom stereocenters. The molecule has 0 fully saturated rings. The van der Waals surface area contributed by atoms with Crippen LogP contribution in [0.25, 0.3) is 0 Å². The summed E-state index contributed by atoms with van der Waals surface area (Å²) in [4.78, 5) is 12.1. The van der Waals surface area contributed by atoms with Crippen LogP contribution >= 0.6 is 23.2 Å². The first-order valence-electron chi connectivity index (χ1n) is 6.99. The molecule has 2 aromatic heterocycles. The quantitative estimate of drug-likeness (QED) is 0.737. The molecule has 0 saturated heterocycles. The van der Waals surface area contributed by atoms with Crippen molar-refractivity contribution in [3.63, 3.8) is 0 Å². The standard InChI is InChI=1S/C16H13Cl2N3O3/c1-21-7-6-15(20-21)19-16(22)14-5-3-11(24-14)9-23-13-4-2-10(17)8-12(13)18/h2-8H,9H2,1H3,(H,19,20,22). The van der Waals surface area contributed by atoms with Gasteiger partial charge in [0.1, 0.15) is 18.1 Å². The Bertz CT molecular complexity index is 873. The van der Waals surface area contributed by atoms with E-state index in [9.17, 15) is 4.79 Å². The van der Waals surface area contributed by atoms with E-state index in [0.29, 0.717) is 27.4 Å². The second-order valence-electron chi connectivity index (χ2n) is 4.96. The summed E-state index contributed by atoms with van der Waals surface area (Å²) in [7, 11) is 1.76. The zero-order chi connectivity index (χ0) is 17.1. The van der Waals surface area contributed by atoms with Gasteiger partial charge in [0.05, 0.1) is 5.02 Å². The van der Waals surface area contributed by atoms with E-state index in [1.165, 1.54) is 0 Å². The highest BCUT2D eigenvalue weighted by Gasteiger charge is 2.13. The molecule has 1 amide bonds. The Hall–Kier alpha value is -2.44. The normalized spacial score (nSPS) is 10.6. The second kappa shape index (κ2) is 6.98. The molecule has 1 N–H and O–H groups in total. The van der Waals surface area contributed by atoms with Crippen molar-refractivity contribution in [3.05, 3.63) is 64.2 Å². The third kappa shape index (κ3) is 3.90. The van der Waals surface area contributed by atoms with Crippen LogP contribution in [0.15, 0.2) is 47.0 Å². The maximum absolute atomic E-state index is 12.1. The highest BCUT2D eigenvalue weighted by atomic mass is 35.5. The van der Waals surface area contributed by atoms with Gasteiger partial charge in [-0.25, -0.2) is 0 Å². The minimum Gasteiger partial charge on any atom is -0.484 e. The number of carbonyl (C=O) groups is 1. The first-order valence-corrected chi connectivity index (χ1v) is 7.74. The molecule has 1 aromatic carbocycles. The van der Waals surface area contributed by atoms with Gasteiger partial charge in [-0.2, -0.15) is 5.10 Å². The summed E-state index contributed by atoms with van der Waals surface area (Å²) in [5.41, 5.74) is 0. The molecule has 24 heavy (non-hydrogen) atoms. The molecule has 0 saturated carbocycles. The Morgan fingerprint density at radius 1 is 1.29 bits per heavy atom. The number of anilines is 1. The van der Waals surface area contributed by atoms with Gasteiger partial charge in [0.25, 0.3) is 5.91 Å². The van der Waals surface area contributed by atoms with Crippen molar-refractivity contribution in [2.24, 2.45) is 7.05 Å². The van der Waals surface area contributed by atoms with Crippen molar-refractivity contribution in [2.75, 3.05) is 5.32 Å². The van der Waals surface area contributed by atoms with Crippen LogP contribution in [0.2, 0.25) is 10.0 Å². The lowest BCUT2D eigenvalue weighted by Crippen LogP contribution is -2.11. The van der Waals surface area contributed by atoms with E-state index in [1.54, 1.807) is 54.3 Å². The largest absolute Gasteiger partial charge is 0.484 e. The second-order valence-corrected chi connectivity index (χ2v) is 5.80. The van der Waals surface area contributed by atoms with Gasteiger partial charge in [-0.05, 0) is 30.3 Å². The van der Waals surface area contributed by atoms with Gasteiger partial charge in [-0.1, -0.05) is 23.2 Å². The minimum absolute atomic E-state index is 0.137. The number of aromatic nitrogens is 2. The topological polar surface area (TPSA) is 69.3 Å². The zero-order valence-electron chi connectivity index (χ0n) is 12.6. The monoisotopic (exact) mass is 365 g/mol. The van der Waals surface area contributed by atoms with Crippen LogP contribution in [0, 0.1) is 0 Å². The summed E-state index contributed by atoms with van der Waals surface area (Å²) in [5, 5.41) is 7.64. The van der Waals surface area contributed by atoms with E-state index >= 15 is 0 Å². The number of halogens is 2. The predicted molar refractivity (Wildman–Crippen MR) is 90.7 cm³/mol. The average molecular weight is 366 g/mol. The third-order valence-corrected chi connectivity index (χ3v) is 3.63. The van der Waals surface area contributed by atoms with Gasteiger partial charge in [0.15, 0.2) is 11.6 Å². The number of benzene rings is 1. The fraction of sp³-hybridized carbons (Fsp3) is 0.125. The highest BCUT2D eigenvalue weighted by molar-refractivity contribution is 6.35. The SMILES string of the molecule is Cn1ccc(NC(=O)c2ccc(COc3ccc(Cl)cc3Cl)o2)n1. The van der Waals surface area contributed by atoms with E-state index in [0.717, 1.165) is 0 Å². The van der Waals surface area contributed by atoms with Crippen LogP contribution in [0.5, 0.6) is 5.75 Å². The summed E-state index contributed by atoms with van der Waals surface area (Å²) in [6.07, 6.45) is 1.73. The molecular weight excluding hydrogens is 353 g/mol. The van der Waals surface area contributed by atoms with Gasteiger partial charge >= 0.3 is 0 Å². The molecular formula is C16H13Cl2N3O3. The van der Waals surface area contributed by atoms with Crippen LogP contribution in [0.1, 0.15) is 16.3 Å². The molecule has 0 radical (unpaired) electrons. The van der Waals surface area contributed by atoms with Crippen LogP contribution in [-0.4, -0.2) is 15.7 Å². The number of aryl methyl sites for hydroxylation is 1. The Balaban J connectivity index is 1.61. The van der Waals surface area contributed by atoms with E-state index in [4.69, 9.17) is 32.4 Å². The summed E-state index contributed by atoms with van der Waals surface area (Å²) in [5.74, 6) is 1.21. The maximum atomic E-state index is 12.1. The fourth-order valence-electron chi connectivity index (χ4n) is 1.98. The molecule has 3 rings (SSSR count). The third-order valence-electron chi connectivity index (χ3n) is 3.10. The average Bonchev–Trinajstić information content (AvgIpc) is 3.15. The van der Waals surface area contributed by atoms with E-state index < -0.39 is 0 Å². The molecule has 124 valence electrons. The lowest BCUT2D eigenvalue weighted by Gasteiger charge is -2.06. The number of ether oxygens (including phenoxy) is 1. The highest BCUT2D eigenvalue weighted by Crippen LogP contribution is 2.28. The van der Waals surface area contributed by atoms with Crippen LogP contribution in [-0.2, 0) is 13.7 Å². The van der Waals surface area contributed by atoms with E-state index in [1.807, 2.05) is 0 Å². The summed E-state index contributed by atoms with van der Waals surface area (Å²) in [6.45, 7) is 0.137. The van der Waals surface area contributed by atoms with Crippen molar-refractivity contribution < 1.29 is 13.9 Å². The van der Waals surface area contributed by atoms with Crippen molar-refractivity contribution in [2.45, 2.75) is 6.61 Å². The molecule has 3 aromatic rings. The number of nitrogens with zero attached hydrogens (tertiary/aromatic N) is 2. The number of hydrogen-bond acceptors (Lipinski definition) is 4. The molecule has 6 nitrogen and oxygen atoms in total. The number of nitrogens with one attached hydrogen (secondary N) is 1. The first-order chi connectivity index (χ1) is 11.5. The number of amides is 1. The Morgan fingerprint density at radius 3 is 2.83 bits per heavy atom. The molecule has 0 bridgehead atoms. The van der Waals surface area contributed by atoms with E-state index in [2.05, 4.69) is 10.4 Å². The first kappa shape index (κ1) is 16.4. The molecule has 0 atom stereocenters. The van der Waals surface area contributed by atoms with Gasteiger partial charge in [0, 0.05) is 24.3 Å². The van der Waals surface area contributed by atoms with Crippen molar-refractivity contribution >= 4 is 34.9 Å². The van der Waals surface area contributed by atoms with Crippen LogP contribution in [0.3, 0.4) is 0 Å². The van der Waals surface area contributed by atoms with Gasteiger partial charge < -0.3 is 14.5 Å². The lowest BCUT2D eigenvalue weighted by molar-refractivity contribution is 0.0992. The molecule has 0 aliphatic rings. The maximum Gasteiger partial charge on any atom is 0.292 e. The van der Waals surface area contributed by atoms with Gasteiger partial charge in [0.2, 0.25) is 0 Å². The number of hydrogen-bond donors (Lipinski definition) is 1. The summed E-state index contributed by atoms with van der Waals surface area (Å²) < 4.78 is 12.6. The van der Waals surface area contributed by atoms with Crippen LogP contribution in [0.4, 0.5) is 5.82 Å². The molecule has 8 heteroatoms.